The first kappa shape index (κ1) is 18.3. The lowest BCUT2D eigenvalue weighted by Gasteiger charge is -2.16. The Labute approximate surface area is 156 Å². The van der Waals surface area contributed by atoms with E-state index in [1.54, 1.807) is 0 Å². The summed E-state index contributed by atoms with van der Waals surface area (Å²) in [4.78, 5) is 11.6. The van der Waals surface area contributed by atoms with Crippen molar-refractivity contribution in [2.75, 3.05) is 24.5 Å². The molecule has 2 fully saturated rings. The van der Waals surface area contributed by atoms with E-state index in [-0.39, 0.29) is 24.0 Å². The second-order valence-corrected chi connectivity index (χ2v) is 6.38. The van der Waals surface area contributed by atoms with Gasteiger partial charge in [-0.1, -0.05) is 6.92 Å². The molecule has 2 aliphatic rings. The monoisotopic (exact) mass is 429 g/mol. The van der Waals surface area contributed by atoms with E-state index in [0.29, 0.717) is 12.6 Å². The summed E-state index contributed by atoms with van der Waals surface area (Å²) >= 11 is 0. The Morgan fingerprint density at radius 3 is 2.78 bits per heavy atom. The number of halogens is 1. The Kier molecular flexibility index (Phi) is 6.92. The molecule has 1 saturated carbocycles. The number of aliphatic imine (C=N–C) groups is 1. The van der Waals surface area contributed by atoms with Crippen molar-refractivity contribution in [2.24, 2.45) is 10.9 Å². The molecule has 2 unspecified atom stereocenters. The Morgan fingerprint density at radius 1 is 1.39 bits per heavy atom. The highest BCUT2D eigenvalue weighted by atomic mass is 127. The maximum Gasteiger partial charge on any atom is 0.191 e. The fraction of sp³-hybridized carbons (Fsp3) is 0.647. The first-order chi connectivity index (χ1) is 10.8. The second kappa shape index (κ2) is 8.70. The van der Waals surface area contributed by atoms with Crippen LogP contribution in [0.3, 0.4) is 0 Å². The van der Waals surface area contributed by atoms with Crippen molar-refractivity contribution in [3.63, 3.8) is 0 Å². The van der Waals surface area contributed by atoms with Crippen LogP contribution in [0, 0.1) is 5.92 Å². The van der Waals surface area contributed by atoms with Crippen molar-refractivity contribution in [1.82, 2.24) is 15.6 Å². The molecule has 23 heavy (non-hydrogen) atoms. The summed E-state index contributed by atoms with van der Waals surface area (Å²) < 4.78 is 0. The van der Waals surface area contributed by atoms with Crippen LogP contribution in [0.1, 0.15) is 38.7 Å². The van der Waals surface area contributed by atoms with E-state index in [0.717, 1.165) is 37.3 Å². The van der Waals surface area contributed by atoms with Crippen LogP contribution in [0.5, 0.6) is 0 Å². The summed E-state index contributed by atoms with van der Waals surface area (Å²) in [5.74, 6) is 2.79. The average Bonchev–Trinajstić information content (AvgIpc) is 3.02. The molecule has 2 heterocycles. The second-order valence-electron chi connectivity index (χ2n) is 6.38. The number of hydrogen-bond acceptors (Lipinski definition) is 3. The van der Waals surface area contributed by atoms with Crippen molar-refractivity contribution in [3.05, 3.63) is 23.9 Å². The van der Waals surface area contributed by atoms with E-state index in [4.69, 9.17) is 4.99 Å². The topological polar surface area (TPSA) is 52.6 Å². The van der Waals surface area contributed by atoms with Gasteiger partial charge in [0, 0.05) is 31.9 Å². The van der Waals surface area contributed by atoms with Crippen LogP contribution in [0.2, 0.25) is 0 Å². The predicted molar refractivity (Wildman–Crippen MR) is 107 cm³/mol. The van der Waals surface area contributed by atoms with Gasteiger partial charge < -0.3 is 15.5 Å². The van der Waals surface area contributed by atoms with Gasteiger partial charge in [0.15, 0.2) is 5.96 Å². The molecule has 1 aromatic rings. The molecule has 6 heteroatoms. The van der Waals surface area contributed by atoms with Gasteiger partial charge in [0.2, 0.25) is 0 Å². The average molecular weight is 429 g/mol. The van der Waals surface area contributed by atoms with Gasteiger partial charge in [-0.3, -0.25) is 0 Å². The Morgan fingerprint density at radius 2 is 2.13 bits per heavy atom. The molecule has 1 saturated heterocycles. The molecule has 0 amide bonds. The molecule has 0 radical (unpaired) electrons. The number of guanidine groups is 1. The first-order valence-electron chi connectivity index (χ1n) is 8.51. The van der Waals surface area contributed by atoms with Crippen molar-refractivity contribution >= 4 is 35.8 Å². The van der Waals surface area contributed by atoms with Gasteiger partial charge in [-0.05, 0) is 49.8 Å². The third-order valence-corrected chi connectivity index (χ3v) is 4.44. The van der Waals surface area contributed by atoms with Gasteiger partial charge >= 0.3 is 0 Å². The maximum atomic E-state index is 4.71. The molecule has 0 bridgehead atoms. The van der Waals surface area contributed by atoms with Gasteiger partial charge in [0.05, 0.1) is 6.54 Å². The minimum atomic E-state index is 0. The van der Waals surface area contributed by atoms with Crippen LogP contribution >= 0.6 is 24.0 Å². The molecular weight excluding hydrogens is 401 g/mol. The highest BCUT2D eigenvalue weighted by Gasteiger charge is 2.33. The van der Waals surface area contributed by atoms with Gasteiger partial charge in [0.1, 0.15) is 5.82 Å². The fourth-order valence-corrected chi connectivity index (χ4v) is 2.87. The Balaban J connectivity index is 0.00000192. The zero-order chi connectivity index (χ0) is 15.4. The lowest BCUT2D eigenvalue weighted by molar-refractivity contribution is 0.766. The highest BCUT2D eigenvalue weighted by molar-refractivity contribution is 14.0. The molecule has 1 aromatic heterocycles. The van der Waals surface area contributed by atoms with Crippen LogP contribution in [0.15, 0.2) is 23.3 Å². The molecule has 3 rings (SSSR count). The number of nitrogens with one attached hydrogen (secondary N) is 2. The largest absolute Gasteiger partial charge is 0.357 e. The number of anilines is 1. The standard InChI is InChI=1S/C17H27N5.HI/c1-3-18-17(21-15-10-13(15)2)20-12-14-6-7-19-16(11-14)22-8-4-5-9-22;/h6-7,11,13,15H,3-5,8-10,12H2,1-2H3,(H2,18,20,21);1H. The summed E-state index contributed by atoms with van der Waals surface area (Å²) in [7, 11) is 0. The molecule has 128 valence electrons. The molecule has 1 aliphatic heterocycles. The quantitative estimate of drug-likeness (QED) is 0.430. The van der Waals surface area contributed by atoms with Crippen molar-refractivity contribution in [1.29, 1.82) is 0 Å². The Hall–Kier alpha value is -1.05. The maximum absolute atomic E-state index is 4.71. The van der Waals surface area contributed by atoms with Crippen molar-refractivity contribution in [3.8, 4) is 0 Å². The molecule has 2 atom stereocenters. The smallest absolute Gasteiger partial charge is 0.191 e. The number of nitrogens with zero attached hydrogens (tertiary/aromatic N) is 3. The van der Waals surface area contributed by atoms with Gasteiger partial charge in [-0.2, -0.15) is 0 Å². The van der Waals surface area contributed by atoms with Gasteiger partial charge in [-0.15, -0.1) is 24.0 Å². The first-order valence-corrected chi connectivity index (χ1v) is 8.51. The lowest BCUT2D eigenvalue weighted by Crippen LogP contribution is -2.39. The Bertz CT molecular complexity index is 527. The van der Waals surface area contributed by atoms with Crippen molar-refractivity contribution < 1.29 is 0 Å². The van der Waals surface area contributed by atoms with Gasteiger partial charge in [0.25, 0.3) is 0 Å². The molecule has 5 nitrogen and oxygen atoms in total. The lowest BCUT2D eigenvalue weighted by atomic mass is 10.2. The predicted octanol–water partition coefficient (Wildman–Crippen LogP) is 2.76. The summed E-state index contributed by atoms with van der Waals surface area (Å²) in [6.45, 7) is 8.22. The molecule has 2 N–H and O–H groups in total. The third kappa shape index (κ3) is 5.22. The zero-order valence-corrected chi connectivity index (χ0v) is 16.4. The number of rotatable bonds is 5. The van der Waals surface area contributed by atoms with Crippen LogP contribution in [-0.4, -0.2) is 36.6 Å². The minimum Gasteiger partial charge on any atom is -0.357 e. The summed E-state index contributed by atoms with van der Waals surface area (Å²) in [5, 5.41) is 6.82. The SMILES string of the molecule is CCNC(=NCc1ccnc(N2CCCC2)c1)NC1CC1C.I. The summed E-state index contributed by atoms with van der Waals surface area (Å²) in [5.41, 5.74) is 1.22. The minimum absolute atomic E-state index is 0. The van der Waals surface area contributed by atoms with E-state index in [2.05, 4.69) is 46.5 Å². The van der Waals surface area contributed by atoms with Crippen LogP contribution in [-0.2, 0) is 6.54 Å². The van der Waals surface area contributed by atoms with Crippen molar-refractivity contribution in [2.45, 2.75) is 45.7 Å². The van der Waals surface area contributed by atoms with E-state index >= 15 is 0 Å². The third-order valence-electron chi connectivity index (χ3n) is 4.44. The molecule has 1 aliphatic carbocycles. The highest BCUT2D eigenvalue weighted by Crippen LogP contribution is 2.28. The van der Waals surface area contributed by atoms with Crippen LogP contribution in [0.25, 0.3) is 0 Å². The van der Waals surface area contributed by atoms with Gasteiger partial charge in [-0.25, -0.2) is 9.98 Å². The number of pyridine rings is 1. The number of hydrogen-bond donors (Lipinski definition) is 2. The fourth-order valence-electron chi connectivity index (χ4n) is 2.87. The number of aromatic nitrogens is 1. The van der Waals surface area contributed by atoms with Crippen LogP contribution in [0.4, 0.5) is 5.82 Å². The van der Waals surface area contributed by atoms with E-state index in [9.17, 15) is 0 Å². The van der Waals surface area contributed by atoms with Crippen LogP contribution < -0.4 is 15.5 Å². The van der Waals surface area contributed by atoms with E-state index in [1.807, 2.05) is 6.20 Å². The van der Waals surface area contributed by atoms with E-state index in [1.165, 1.54) is 24.8 Å². The zero-order valence-electron chi connectivity index (χ0n) is 14.1. The normalized spacial score (nSPS) is 23.4. The summed E-state index contributed by atoms with van der Waals surface area (Å²) in [6, 6.07) is 4.83. The molecular formula is C17H28IN5. The van der Waals surface area contributed by atoms with E-state index < -0.39 is 0 Å². The molecule has 0 aromatic carbocycles. The summed E-state index contributed by atoms with van der Waals surface area (Å²) in [6.07, 6.45) is 5.71. The molecule has 0 spiro atoms.